The molecule has 1 aliphatic rings. The minimum absolute atomic E-state index is 0.225. The molecule has 0 spiro atoms. The number of nitrogens with zero attached hydrogens (tertiary/aromatic N) is 3. The third-order valence-electron chi connectivity index (χ3n) is 3.28. The third-order valence-corrected chi connectivity index (χ3v) is 3.28. The lowest BCUT2D eigenvalue weighted by Crippen LogP contribution is -2.17. The second-order valence-corrected chi connectivity index (χ2v) is 5.70. The Bertz CT molecular complexity index is 668. The van der Waals surface area contributed by atoms with Gasteiger partial charge in [-0.1, -0.05) is 30.3 Å². The van der Waals surface area contributed by atoms with Gasteiger partial charge in [-0.3, -0.25) is 0 Å². The van der Waals surface area contributed by atoms with Crippen LogP contribution in [0.15, 0.2) is 47.6 Å². The summed E-state index contributed by atoms with van der Waals surface area (Å²) in [5.74, 6) is 0.552. The summed E-state index contributed by atoms with van der Waals surface area (Å²) in [5, 5.41) is 18.3. The van der Waals surface area contributed by atoms with Crippen molar-refractivity contribution in [1.29, 1.82) is 0 Å². The van der Waals surface area contributed by atoms with Crippen molar-refractivity contribution in [3.8, 4) is 0 Å². The second-order valence-electron chi connectivity index (χ2n) is 5.70. The first kappa shape index (κ1) is 13.7. The van der Waals surface area contributed by atoms with Crippen molar-refractivity contribution >= 4 is 5.90 Å². The molecule has 3 rings (SSSR count). The molecule has 0 saturated carbocycles. The van der Waals surface area contributed by atoms with Crippen LogP contribution in [0, 0.1) is 0 Å². The van der Waals surface area contributed by atoms with Gasteiger partial charge in [-0.25, -0.2) is 4.99 Å². The molecule has 0 bridgehead atoms. The summed E-state index contributed by atoms with van der Waals surface area (Å²) in [5.41, 5.74) is 1.77. The first-order valence-corrected chi connectivity index (χ1v) is 6.84. The fraction of sp³-hybridized carbons (Fsp3) is 0.312. The Kier molecular flexibility index (Phi) is 3.43. The van der Waals surface area contributed by atoms with E-state index in [4.69, 9.17) is 4.74 Å². The molecule has 1 N–H and O–H groups in total. The lowest BCUT2D eigenvalue weighted by atomic mass is 10.1. The van der Waals surface area contributed by atoms with Crippen LogP contribution >= 0.6 is 0 Å². The lowest BCUT2D eigenvalue weighted by Gasteiger charge is -2.10. The molecule has 2 aromatic rings. The maximum atomic E-state index is 10.4. The summed E-state index contributed by atoms with van der Waals surface area (Å²) < 4.78 is 5.60. The minimum atomic E-state index is -0.811. The Hall–Kier alpha value is -2.27. The van der Waals surface area contributed by atoms with E-state index in [2.05, 4.69) is 15.2 Å². The van der Waals surface area contributed by atoms with Crippen LogP contribution in [0.5, 0.6) is 0 Å². The summed E-state index contributed by atoms with van der Waals surface area (Å²) in [6.07, 6.45) is 0.787. The third kappa shape index (κ3) is 2.92. The van der Waals surface area contributed by atoms with Crippen LogP contribution in [0.25, 0.3) is 0 Å². The van der Waals surface area contributed by atoms with Crippen molar-refractivity contribution in [2.24, 2.45) is 4.99 Å². The first-order chi connectivity index (χ1) is 10.1. The topological polar surface area (TPSA) is 67.6 Å². The molecule has 0 saturated heterocycles. The molecule has 0 radical (unpaired) electrons. The SMILES string of the molecule is CC1(C)COC(c2cnnc(C(O)c3ccccc3)c2)=N1. The zero-order valence-corrected chi connectivity index (χ0v) is 12.0. The summed E-state index contributed by atoms with van der Waals surface area (Å²) in [7, 11) is 0. The van der Waals surface area contributed by atoms with E-state index >= 15 is 0 Å². The van der Waals surface area contributed by atoms with E-state index in [0.29, 0.717) is 18.2 Å². The normalized spacial score (nSPS) is 18.0. The van der Waals surface area contributed by atoms with Gasteiger partial charge in [-0.05, 0) is 25.5 Å². The molecule has 5 heteroatoms. The monoisotopic (exact) mass is 283 g/mol. The minimum Gasteiger partial charge on any atom is -0.475 e. The summed E-state index contributed by atoms with van der Waals surface area (Å²) in [6.45, 7) is 4.56. The Labute approximate surface area is 123 Å². The Morgan fingerprint density at radius 1 is 1.24 bits per heavy atom. The maximum Gasteiger partial charge on any atom is 0.218 e. The maximum absolute atomic E-state index is 10.4. The van der Waals surface area contributed by atoms with Gasteiger partial charge in [0.1, 0.15) is 12.7 Å². The van der Waals surface area contributed by atoms with E-state index in [1.165, 1.54) is 0 Å². The van der Waals surface area contributed by atoms with Gasteiger partial charge < -0.3 is 9.84 Å². The summed E-state index contributed by atoms with van der Waals surface area (Å²) in [4.78, 5) is 4.51. The fourth-order valence-corrected chi connectivity index (χ4v) is 2.17. The highest BCUT2D eigenvalue weighted by Gasteiger charge is 2.27. The molecule has 0 fully saturated rings. The number of aliphatic hydroxyl groups is 1. The largest absolute Gasteiger partial charge is 0.475 e. The van der Waals surface area contributed by atoms with Crippen LogP contribution in [-0.2, 0) is 4.74 Å². The molecular formula is C16H17N3O2. The molecule has 1 atom stereocenters. The van der Waals surface area contributed by atoms with Gasteiger partial charge >= 0.3 is 0 Å². The molecule has 21 heavy (non-hydrogen) atoms. The second kappa shape index (κ2) is 5.26. The number of ether oxygens (including phenoxy) is 1. The summed E-state index contributed by atoms with van der Waals surface area (Å²) in [6, 6.07) is 11.1. The number of hydrogen-bond donors (Lipinski definition) is 1. The zero-order chi connectivity index (χ0) is 14.9. The number of aliphatic imine (C=N–C) groups is 1. The standard InChI is InChI=1S/C16H17N3O2/c1-16(2)10-21-15(18-16)12-8-13(19-17-9-12)14(20)11-6-4-3-5-7-11/h3-9,14,20H,10H2,1-2H3. The van der Waals surface area contributed by atoms with Gasteiger partial charge in [0.2, 0.25) is 5.90 Å². The molecule has 1 aromatic carbocycles. The predicted molar refractivity (Wildman–Crippen MR) is 79.1 cm³/mol. The fourth-order valence-electron chi connectivity index (χ4n) is 2.17. The van der Waals surface area contributed by atoms with Crippen molar-refractivity contribution in [2.45, 2.75) is 25.5 Å². The molecule has 1 unspecified atom stereocenters. The highest BCUT2D eigenvalue weighted by molar-refractivity contribution is 5.95. The predicted octanol–water partition coefficient (Wildman–Crippen LogP) is 2.11. The van der Waals surface area contributed by atoms with Crippen molar-refractivity contribution in [2.75, 3.05) is 6.61 Å². The summed E-state index contributed by atoms with van der Waals surface area (Å²) >= 11 is 0. The smallest absolute Gasteiger partial charge is 0.218 e. The van der Waals surface area contributed by atoms with Gasteiger partial charge in [0.15, 0.2) is 0 Å². The van der Waals surface area contributed by atoms with Crippen LogP contribution in [0.4, 0.5) is 0 Å². The van der Waals surface area contributed by atoms with Crippen LogP contribution in [0.3, 0.4) is 0 Å². The van der Waals surface area contributed by atoms with Crippen LogP contribution < -0.4 is 0 Å². The number of aromatic nitrogens is 2. The average molecular weight is 283 g/mol. The van der Waals surface area contributed by atoms with E-state index in [0.717, 1.165) is 11.1 Å². The number of aliphatic hydroxyl groups excluding tert-OH is 1. The average Bonchev–Trinajstić information content (AvgIpc) is 2.88. The molecule has 2 heterocycles. The Morgan fingerprint density at radius 3 is 2.67 bits per heavy atom. The molecule has 0 aliphatic carbocycles. The molecule has 0 amide bonds. The van der Waals surface area contributed by atoms with Gasteiger partial charge in [-0.2, -0.15) is 10.2 Å². The van der Waals surface area contributed by atoms with Crippen LogP contribution in [-0.4, -0.2) is 33.3 Å². The first-order valence-electron chi connectivity index (χ1n) is 6.84. The zero-order valence-electron chi connectivity index (χ0n) is 12.0. The van der Waals surface area contributed by atoms with E-state index < -0.39 is 6.10 Å². The molecule has 1 aromatic heterocycles. The number of rotatable bonds is 3. The van der Waals surface area contributed by atoms with Gasteiger partial charge in [0.05, 0.1) is 23.0 Å². The van der Waals surface area contributed by atoms with Crippen molar-refractivity contribution < 1.29 is 9.84 Å². The van der Waals surface area contributed by atoms with E-state index in [9.17, 15) is 5.11 Å². The van der Waals surface area contributed by atoms with Crippen LogP contribution in [0.1, 0.15) is 36.8 Å². The van der Waals surface area contributed by atoms with E-state index in [1.807, 2.05) is 44.2 Å². The molecule has 108 valence electrons. The van der Waals surface area contributed by atoms with E-state index in [-0.39, 0.29) is 5.54 Å². The highest BCUT2D eigenvalue weighted by atomic mass is 16.5. The van der Waals surface area contributed by atoms with Crippen molar-refractivity contribution in [3.63, 3.8) is 0 Å². The van der Waals surface area contributed by atoms with Gasteiger partial charge in [0.25, 0.3) is 0 Å². The van der Waals surface area contributed by atoms with E-state index in [1.54, 1.807) is 12.3 Å². The Morgan fingerprint density at radius 2 is 2.00 bits per heavy atom. The van der Waals surface area contributed by atoms with Gasteiger partial charge in [-0.15, -0.1) is 0 Å². The molecule has 1 aliphatic heterocycles. The van der Waals surface area contributed by atoms with Crippen molar-refractivity contribution in [1.82, 2.24) is 10.2 Å². The van der Waals surface area contributed by atoms with Crippen molar-refractivity contribution in [3.05, 3.63) is 59.4 Å². The van der Waals surface area contributed by atoms with Crippen LogP contribution in [0.2, 0.25) is 0 Å². The molecule has 5 nitrogen and oxygen atoms in total. The quantitative estimate of drug-likeness (QED) is 0.937. The highest BCUT2D eigenvalue weighted by Crippen LogP contribution is 2.23. The lowest BCUT2D eigenvalue weighted by molar-refractivity contribution is 0.214. The Balaban J connectivity index is 1.91. The molecular weight excluding hydrogens is 266 g/mol. The van der Waals surface area contributed by atoms with Gasteiger partial charge in [0, 0.05) is 0 Å². The number of hydrogen-bond acceptors (Lipinski definition) is 5. The number of benzene rings is 1.